The predicted octanol–water partition coefficient (Wildman–Crippen LogP) is 2.63. The molecule has 1 fully saturated rings. The summed E-state index contributed by atoms with van der Waals surface area (Å²) in [5.41, 5.74) is 0.352. The molecular formula is C21H30N2O5. The van der Waals surface area contributed by atoms with Crippen LogP contribution in [0.15, 0.2) is 30.3 Å². The zero-order valence-corrected chi connectivity index (χ0v) is 17.1. The summed E-state index contributed by atoms with van der Waals surface area (Å²) >= 11 is 0. The van der Waals surface area contributed by atoms with Gasteiger partial charge in [0.15, 0.2) is 0 Å². The van der Waals surface area contributed by atoms with Crippen molar-refractivity contribution in [2.75, 3.05) is 26.7 Å². The van der Waals surface area contributed by atoms with Crippen LogP contribution in [0, 0.1) is 0 Å². The van der Waals surface area contributed by atoms with Gasteiger partial charge in [0, 0.05) is 19.1 Å². The number of amides is 2. The van der Waals surface area contributed by atoms with Crippen LogP contribution in [-0.2, 0) is 25.5 Å². The van der Waals surface area contributed by atoms with Crippen LogP contribution in [0.3, 0.4) is 0 Å². The molecular weight excluding hydrogens is 360 g/mol. The Morgan fingerprint density at radius 2 is 1.71 bits per heavy atom. The summed E-state index contributed by atoms with van der Waals surface area (Å²) in [5.74, 6) is -0.566. The maximum absolute atomic E-state index is 12.9. The second-order valence-electron chi connectivity index (χ2n) is 7.96. The molecule has 1 saturated heterocycles. The molecule has 0 radical (unpaired) electrons. The molecule has 0 aromatic heterocycles. The van der Waals surface area contributed by atoms with Crippen LogP contribution in [0.4, 0.5) is 4.79 Å². The van der Waals surface area contributed by atoms with Gasteiger partial charge in [-0.15, -0.1) is 0 Å². The van der Waals surface area contributed by atoms with Crippen LogP contribution < -0.4 is 0 Å². The summed E-state index contributed by atoms with van der Waals surface area (Å²) in [6.45, 7) is 6.37. The maximum atomic E-state index is 12.9. The SMILES string of the molecule is COC(=O)CN(C(=O)Cc1ccccc1)C1CCN(C(=O)OC(C)(C)C)CC1. The molecule has 1 aromatic carbocycles. The molecule has 1 aromatic rings. The van der Waals surface area contributed by atoms with E-state index in [1.807, 2.05) is 51.1 Å². The van der Waals surface area contributed by atoms with E-state index in [4.69, 9.17) is 9.47 Å². The summed E-state index contributed by atoms with van der Waals surface area (Å²) in [6.07, 6.45) is 1.07. The Morgan fingerprint density at radius 3 is 2.25 bits per heavy atom. The number of hydrogen-bond acceptors (Lipinski definition) is 5. The third kappa shape index (κ3) is 6.55. The van der Waals surface area contributed by atoms with E-state index in [0.29, 0.717) is 25.9 Å². The number of ether oxygens (including phenoxy) is 2. The Kier molecular flexibility index (Phi) is 7.43. The molecule has 154 valence electrons. The zero-order valence-electron chi connectivity index (χ0n) is 17.1. The van der Waals surface area contributed by atoms with Crippen molar-refractivity contribution in [3.63, 3.8) is 0 Å². The molecule has 7 nitrogen and oxygen atoms in total. The molecule has 0 bridgehead atoms. The summed E-state index contributed by atoms with van der Waals surface area (Å²) in [6, 6.07) is 9.32. The first-order chi connectivity index (χ1) is 13.2. The van der Waals surface area contributed by atoms with Gasteiger partial charge in [-0.25, -0.2) is 4.79 Å². The van der Waals surface area contributed by atoms with Gasteiger partial charge >= 0.3 is 12.1 Å². The minimum Gasteiger partial charge on any atom is -0.468 e. The minimum absolute atomic E-state index is 0.0841. The maximum Gasteiger partial charge on any atom is 0.410 e. The van der Waals surface area contributed by atoms with E-state index in [2.05, 4.69) is 0 Å². The van der Waals surface area contributed by atoms with E-state index in [0.717, 1.165) is 5.56 Å². The topological polar surface area (TPSA) is 76.2 Å². The van der Waals surface area contributed by atoms with E-state index < -0.39 is 11.6 Å². The van der Waals surface area contributed by atoms with Crippen LogP contribution >= 0.6 is 0 Å². The lowest BCUT2D eigenvalue weighted by atomic mass is 10.0. The van der Waals surface area contributed by atoms with Gasteiger partial charge in [0.05, 0.1) is 13.5 Å². The lowest BCUT2D eigenvalue weighted by molar-refractivity contribution is -0.149. The first-order valence-corrected chi connectivity index (χ1v) is 9.57. The highest BCUT2D eigenvalue weighted by atomic mass is 16.6. The quantitative estimate of drug-likeness (QED) is 0.723. The Labute approximate surface area is 166 Å². The molecule has 1 heterocycles. The Bertz CT molecular complexity index is 676. The summed E-state index contributed by atoms with van der Waals surface area (Å²) in [5, 5.41) is 0. The van der Waals surface area contributed by atoms with Crippen LogP contribution in [0.2, 0.25) is 0 Å². The Balaban J connectivity index is 2.01. The Morgan fingerprint density at radius 1 is 1.11 bits per heavy atom. The van der Waals surface area contributed by atoms with Crippen molar-refractivity contribution in [2.24, 2.45) is 0 Å². The van der Waals surface area contributed by atoms with Crippen molar-refractivity contribution in [3.8, 4) is 0 Å². The second-order valence-corrected chi connectivity index (χ2v) is 7.96. The van der Waals surface area contributed by atoms with Crippen molar-refractivity contribution in [2.45, 2.75) is 51.7 Å². The summed E-state index contributed by atoms with van der Waals surface area (Å²) < 4.78 is 10.2. The number of hydrogen-bond donors (Lipinski definition) is 0. The summed E-state index contributed by atoms with van der Waals surface area (Å²) in [7, 11) is 1.31. The lowest BCUT2D eigenvalue weighted by Crippen LogP contribution is -2.51. The average molecular weight is 390 g/mol. The van der Waals surface area contributed by atoms with Crippen molar-refractivity contribution >= 4 is 18.0 Å². The van der Waals surface area contributed by atoms with Gasteiger partial charge < -0.3 is 19.3 Å². The predicted molar refractivity (Wildman–Crippen MR) is 105 cm³/mol. The van der Waals surface area contributed by atoms with Crippen LogP contribution in [-0.4, -0.2) is 66.2 Å². The van der Waals surface area contributed by atoms with E-state index in [-0.39, 0.29) is 31.0 Å². The second kappa shape index (κ2) is 9.57. The fourth-order valence-electron chi connectivity index (χ4n) is 3.18. The van der Waals surface area contributed by atoms with Gasteiger partial charge in [-0.2, -0.15) is 0 Å². The molecule has 1 aliphatic rings. The molecule has 0 aliphatic carbocycles. The molecule has 0 spiro atoms. The average Bonchev–Trinajstić information content (AvgIpc) is 2.65. The largest absolute Gasteiger partial charge is 0.468 e. The van der Waals surface area contributed by atoms with E-state index in [9.17, 15) is 14.4 Å². The van der Waals surface area contributed by atoms with E-state index in [1.165, 1.54) is 7.11 Å². The van der Waals surface area contributed by atoms with Crippen molar-refractivity contribution in [3.05, 3.63) is 35.9 Å². The third-order valence-corrected chi connectivity index (χ3v) is 4.60. The Hall–Kier alpha value is -2.57. The smallest absolute Gasteiger partial charge is 0.410 e. The number of esters is 1. The number of piperidine rings is 1. The summed E-state index contributed by atoms with van der Waals surface area (Å²) in [4.78, 5) is 40.2. The molecule has 7 heteroatoms. The highest BCUT2D eigenvalue weighted by Gasteiger charge is 2.32. The van der Waals surface area contributed by atoms with Gasteiger partial charge in [-0.1, -0.05) is 30.3 Å². The number of methoxy groups -OCH3 is 1. The van der Waals surface area contributed by atoms with E-state index in [1.54, 1.807) is 9.80 Å². The number of likely N-dealkylation sites (tertiary alicyclic amines) is 1. The minimum atomic E-state index is -0.545. The van der Waals surface area contributed by atoms with Crippen molar-refractivity contribution < 1.29 is 23.9 Å². The number of benzene rings is 1. The van der Waals surface area contributed by atoms with Gasteiger partial charge in [0.2, 0.25) is 5.91 Å². The third-order valence-electron chi connectivity index (χ3n) is 4.60. The number of carbonyl (C=O) groups excluding carboxylic acids is 3. The first-order valence-electron chi connectivity index (χ1n) is 9.57. The van der Waals surface area contributed by atoms with Gasteiger partial charge in [0.1, 0.15) is 12.1 Å². The van der Waals surface area contributed by atoms with Crippen LogP contribution in [0.5, 0.6) is 0 Å². The number of carbonyl (C=O) groups is 3. The van der Waals surface area contributed by atoms with Gasteiger partial charge in [-0.05, 0) is 39.2 Å². The van der Waals surface area contributed by atoms with Crippen LogP contribution in [0.25, 0.3) is 0 Å². The molecule has 0 N–H and O–H groups in total. The molecule has 1 aliphatic heterocycles. The van der Waals surface area contributed by atoms with Gasteiger partial charge in [0.25, 0.3) is 0 Å². The normalized spacial score (nSPS) is 15.1. The van der Waals surface area contributed by atoms with Crippen LogP contribution in [0.1, 0.15) is 39.2 Å². The molecule has 0 unspecified atom stereocenters. The van der Waals surface area contributed by atoms with Gasteiger partial charge in [-0.3, -0.25) is 9.59 Å². The highest BCUT2D eigenvalue weighted by Crippen LogP contribution is 2.20. The first kappa shape index (κ1) is 21.7. The monoisotopic (exact) mass is 390 g/mol. The lowest BCUT2D eigenvalue weighted by Gasteiger charge is -2.38. The highest BCUT2D eigenvalue weighted by molar-refractivity contribution is 5.84. The zero-order chi connectivity index (χ0) is 20.7. The number of rotatable bonds is 5. The standard InChI is InChI=1S/C21H30N2O5/c1-21(2,3)28-20(26)22-12-10-17(11-13-22)23(15-19(25)27-4)18(24)14-16-8-6-5-7-9-16/h5-9,17H,10-15H2,1-4H3. The fourth-order valence-corrected chi connectivity index (χ4v) is 3.18. The van der Waals surface area contributed by atoms with Crippen molar-refractivity contribution in [1.82, 2.24) is 9.80 Å². The molecule has 0 atom stereocenters. The molecule has 2 amide bonds. The fraction of sp³-hybridized carbons (Fsp3) is 0.571. The molecule has 28 heavy (non-hydrogen) atoms. The van der Waals surface area contributed by atoms with Crippen molar-refractivity contribution in [1.29, 1.82) is 0 Å². The molecule has 2 rings (SSSR count). The molecule has 0 saturated carbocycles. The van der Waals surface area contributed by atoms with E-state index >= 15 is 0 Å². The number of nitrogens with zero attached hydrogens (tertiary/aromatic N) is 2.